The Morgan fingerprint density at radius 3 is 2.75 bits per heavy atom. The van der Waals surface area contributed by atoms with Gasteiger partial charge >= 0.3 is 0 Å². The Morgan fingerprint density at radius 2 is 2.05 bits per heavy atom. The highest BCUT2D eigenvalue weighted by atomic mass is 16.5. The van der Waals surface area contributed by atoms with Crippen molar-refractivity contribution in [1.29, 1.82) is 0 Å². The number of rotatable bonds is 5. The molecule has 0 amide bonds. The summed E-state index contributed by atoms with van der Waals surface area (Å²) in [7, 11) is 0. The number of hydrogen-bond acceptors (Lipinski definition) is 4. The molecule has 2 unspecified atom stereocenters. The van der Waals surface area contributed by atoms with Crippen molar-refractivity contribution in [3.05, 3.63) is 24.0 Å². The summed E-state index contributed by atoms with van der Waals surface area (Å²) >= 11 is 0. The van der Waals surface area contributed by atoms with E-state index in [1.807, 2.05) is 12.4 Å². The topological polar surface area (TPSA) is 43.4 Å². The lowest BCUT2D eigenvalue weighted by Gasteiger charge is -2.32. The molecule has 1 aromatic heterocycles. The number of nitrogens with one attached hydrogen (secondary N) is 1. The average molecular weight is 276 g/mol. The number of hydrogen-bond donors (Lipinski definition) is 1. The van der Waals surface area contributed by atoms with Crippen LogP contribution >= 0.6 is 0 Å². The molecule has 2 fully saturated rings. The van der Waals surface area contributed by atoms with E-state index in [2.05, 4.69) is 30.2 Å². The highest BCUT2D eigenvalue weighted by Crippen LogP contribution is 2.27. The normalized spacial score (nSPS) is 30.2. The van der Waals surface area contributed by atoms with Gasteiger partial charge in [-0.15, -0.1) is 0 Å². The van der Waals surface area contributed by atoms with E-state index < -0.39 is 0 Å². The van der Waals surface area contributed by atoms with Gasteiger partial charge in [0.15, 0.2) is 0 Å². The zero-order valence-corrected chi connectivity index (χ0v) is 12.3. The maximum Gasteiger partial charge on any atom is 0.142 e. The molecule has 0 bridgehead atoms. The van der Waals surface area contributed by atoms with Crippen molar-refractivity contribution in [3.8, 4) is 5.75 Å². The van der Waals surface area contributed by atoms with Gasteiger partial charge in [-0.1, -0.05) is 0 Å². The van der Waals surface area contributed by atoms with Crippen LogP contribution in [0, 0.1) is 0 Å². The quantitative estimate of drug-likeness (QED) is 0.898. The second-order valence-electron chi connectivity index (χ2n) is 6.11. The van der Waals surface area contributed by atoms with Crippen LogP contribution in [-0.2, 0) is 11.3 Å². The van der Waals surface area contributed by atoms with E-state index in [1.165, 1.54) is 18.4 Å². The van der Waals surface area contributed by atoms with Gasteiger partial charge in [-0.3, -0.25) is 4.98 Å². The Bertz CT molecular complexity index is 438. The second kappa shape index (κ2) is 6.10. The van der Waals surface area contributed by atoms with Gasteiger partial charge < -0.3 is 14.8 Å². The molecule has 1 aliphatic carbocycles. The average Bonchev–Trinajstić information content (AvgIpc) is 3.20. The fourth-order valence-electron chi connectivity index (χ4n) is 2.82. The van der Waals surface area contributed by atoms with Crippen molar-refractivity contribution < 1.29 is 9.47 Å². The molecule has 2 heterocycles. The first-order valence-corrected chi connectivity index (χ1v) is 7.69. The van der Waals surface area contributed by atoms with Gasteiger partial charge in [0, 0.05) is 37.2 Å². The highest BCUT2D eigenvalue weighted by Gasteiger charge is 2.26. The summed E-state index contributed by atoms with van der Waals surface area (Å²) in [4.78, 5) is 4.21. The van der Waals surface area contributed by atoms with Crippen LogP contribution in [0.3, 0.4) is 0 Å². The van der Waals surface area contributed by atoms with Crippen LogP contribution in [0.4, 0.5) is 0 Å². The van der Waals surface area contributed by atoms with E-state index in [1.54, 1.807) is 0 Å². The Kier molecular flexibility index (Phi) is 4.22. The van der Waals surface area contributed by atoms with Crippen molar-refractivity contribution >= 4 is 0 Å². The van der Waals surface area contributed by atoms with Crippen LogP contribution in [0.25, 0.3) is 0 Å². The fourth-order valence-corrected chi connectivity index (χ4v) is 2.82. The van der Waals surface area contributed by atoms with Crippen LogP contribution in [0.5, 0.6) is 5.75 Å². The summed E-state index contributed by atoms with van der Waals surface area (Å²) in [5, 5.41) is 3.54. The van der Waals surface area contributed by atoms with Gasteiger partial charge in [0.25, 0.3) is 0 Å². The van der Waals surface area contributed by atoms with Crippen LogP contribution in [0.15, 0.2) is 18.5 Å². The van der Waals surface area contributed by atoms with Crippen molar-refractivity contribution in [2.75, 3.05) is 0 Å². The van der Waals surface area contributed by atoms with E-state index in [4.69, 9.17) is 9.47 Å². The molecule has 1 saturated carbocycles. The van der Waals surface area contributed by atoms with Crippen molar-refractivity contribution in [1.82, 2.24) is 10.3 Å². The monoisotopic (exact) mass is 276 g/mol. The number of nitrogens with zero attached hydrogens (tertiary/aromatic N) is 1. The second-order valence-corrected chi connectivity index (χ2v) is 6.11. The summed E-state index contributed by atoms with van der Waals surface area (Å²) in [5.41, 5.74) is 1.21. The van der Waals surface area contributed by atoms with E-state index in [0.29, 0.717) is 6.04 Å². The molecule has 4 heteroatoms. The van der Waals surface area contributed by atoms with Gasteiger partial charge in [0.1, 0.15) is 11.9 Å². The molecule has 0 aromatic carbocycles. The number of pyridine rings is 1. The summed E-state index contributed by atoms with van der Waals surface area (Å²) in [5.74, 6) is 0.923. The molecule has 1 aromatic rings. The third-order valence-electron chi connectivity index (χ3n) is 3.98. The Balaban J connectivity index is 1.63. The van der Waals surface area contributed by atoms with Crippen LogP contribution in [0.1, 0.15) is 45.1 Å². The van der Waals surface area contributed by atoms with Crippen LogP contribution in [-0.4, -0.2) is 29.3 Å². The van der Waals surface area contributed by atoms with Gasteiger partial charge in [-0.2, -0.15) is 0 Å². The maximum atomic E-state index is 6.20. The van der Waals surface area contributed by atoms with E-state index >= 15 is 0 Å². The van der Waals surface area contributed by atoms with Crippen molar-refractivity contribution in [3.63, 3.8) is 0 Å². The Morgan fingerprint density at radius 1 is 1.30 bits per heavy atom. The SMILES string of the molecule is CC1CC(Oc2cnccc2CNC2CC2)CC(C)O1. The first-order chi connectivity index (χ1) is 9.70. The Hall–Kier alpha value is -1.13. The standard InChI is InChI=1S/C16H24N2O2/c1-11-7-15(8-12(2)19-11)20-16-10-17-6-5-13(16)9-18-14-3-4-14/h5-6,10-12,14-15,18H,3-4,7-9H2,1-2H3. The maximum absolute atomic E-state index is 6.20. The lowest BCUT2D eigenvalue weighted by atomic mass is 10.0. The zero-order chi connectivity index (χ0) is 13.9. The first-order valence-electron chi connectivity index (χ1n) is 7.69. The van der Waals surface area contributed by atoms with Crippen molar-refractivity contribution in [2.45, 2.75) is 70.4 Å². The lowest BCUT2D eigenvalue weighted by Crippen LogP contribution is -2.36. The first kappa shape index (κ1) is 13.8. The molecule has 0 spiro atoms. The minimum absolute atomic E-state index is 0.234. The molecule has 3 rings (SSSR count). The number of ether oxygens (including phenoxy) is 2. The minimum Gasteiger partial charge on any atom is -0.488 e. The fraction of sp³-hybridized carbons (Fsp3) is 0.688. The smallest absolute Gasteiger partial charge is 0.142 e. The molecular formula is C16H24N2O2. The third-order valence-corrected chi connectivity index (χ3v) is 3.98. The van der Waals surface area contributed by atoms with Crippen LogP contribution < -0.4 is 10.1 Å². The van der Waals surface area contributed by atoms with Gasteiger partial charge in [0.2, 0.25) is 0 Å². The minimum atomic E-state index is 0.234. The number of aromatic nitrogens is 1. The highest BCUT2D eigenvalue weighted by molar-refractivity contribution is 5.30. The molecular weight excluding hydrogens is 252 g/mol. The molecule has 1 saturated heterocycles. The van der Waals surface area contributed by atoms with Crippen molar-refractivity contribution in [2.24, 2.45) is 0 Å². The predicted molar refractivity (Wildman–Crippen MR) is 77.8 cm³/mol. The van der Waals surface area contributed by atoms with Gasteiger partial charge in [0.05, 0.1) is 18.4 Å². The van der Waals surface area contributed by atoms with Gasteiger partial charge in [-0.05, 0) is 32.8 Å². The summed E-state index contributed by atoms with van der Waals surface area (Å²) < 4.78 is 12.0. The van der Waals surface area contributed by atoms with Crippen LogP contribution in [0.2, 0.25) is 0 Å². The molecule has 2 aliphatic rings. The summed E-state index contributed by atoms with van der Waals surface area (Å²) in [6.07, 6.45) is 8.97. The molecule has 2 atom stereocenters. The molecule has 4 nitrogen and oxygen atoms in total. The van der Waals surface area contributed by atoms with E-state index in [0.717, 1.165) is 25.1 Å². The third kappa shape index (κ3) is 3.70. The zero-order valence-electron chi connectivity index (χ0n) is 12.3. The van der Waals surface area contributed by atoms with E-state index in [9.17, 15) is 0 Å². The lowest BCUT2D eigenvalue weighted by molar-refractivity contribution is -0.0723. The van der Waals surface area contributed by atoms with E-state index in [-0.39, 0.29) is 18.3 Å². The van der Waals surface area contributed by atoms with Gasteiger partial charge in [-0.25, -0.2) is 0 Å². The summed E-state index contributed by atoms with van der Waals surface area (Å²) in [6.45, 7) is 5.10. The molecule has 20 heavy (non-hydrogen) atoms. The molecule has 110 valence electrons. The molecule has 1 N–H and O–H groups in total. The Labute approximate surface area is 120 Å². The predicted octanol–water partition coefficient (Wildman–Crippen LogP) is 2.67. The largest absolute Gasteiger partial charge is 0.488 e. The summed E-state index contributed by atoms with van der Waals surface area (Å²) in [6, 6.07) is 2.76. The molecule has 1 aliphatic heterocycles. The molecule has 0 radical (unpaired) electrons.